The zero-order chi connectivity index (χ0) is 43.7. The minimum absolute atomic E-state index is 0.0908. The van der Waals surface area contributed by atoms with E-state index in [-0.39, 0.29) is 37.5 Å². The van der Waals surface area contributed by atoms with Gasteiger partial charge < -0.3 is 14.2 Å². The summed E-state index contributed by atoms with van der Waals surface area (Å²) in [4.78, 5) is 37.9. The van der Waals surface area contributed by atoms with Crippen molar-refractivity contribution in [1.29, 1.82) is 0 Å². The van der Waals surface area contributed by atoms with Gasteiger partial charge in [-0.2, -0.15) is 0 Å². The predicted molar refractivity (Wildman–Crippen MR) is 256 cm³/mol. The summed E-state index contributed by atoms with van der Waals surface area (Å²) in [5.41, 5.74) is 0. The number of carbonyl (C=O) groups is 3. The fourth-order valence-corrected chi connectivity index (χ4v) is 6.96. The van der Waals surface area contributed by atoms with E-state index in [4.69, 9.17) is 14.2 Å². The zero-order valence-electron chi connectivity index (χ0n) is 39.5. The molecule has 0 N–H and O–H groups in total. The van der Waals surface area contributed by atoms with E-state index in [1.54, 1.807) is 0 Å². The van der Waals surface area contributed by atoms with Crippen molar-refractivity contribution in [3.05, 3.63) is 60.8 Å². The molecular formula is C54H94O6. The van der Waals surface area contributed by atoms with E-state index in [2.05, 4.69) is 81.5 Å². The Morgan fingerprint density at radius 1 is 0.350 bits per heavy atom. The highest BCUT2D eigenvalue weighted by atomic mass is 16.6. The van der Waals surface area contributed by atoms with Crippen LogP contribution in [0, 0.1) is 0 Å². The average molecular weight is 839 g/mol. The molecule has 0 aromatic heterocycles. The van der Waals surface area contributed by atoms with Crippen molar-refractivity contribution >= 4 is 17.9 Å². The first-order valence-electron chi connectivity index (χ1n) is 25.3. The normalized spacial score (nSPS) is 12.5. The van der Waals surface area contributed by atoms with Crippen molar-refractivity contribution in [2.24, 2.45) is 0 Å². The van der Waals surface area contributed by atoms with Gasteiger partial charge in [0.05, 0.1) is 0 Å². The number of esters is 3. The van der Waals surface area contributed by atoms with Gasteiger partial charge in [0.25, 0.3) is 0 Å². The lowest BCUT2D eigenvalue weighted by Crippen LogP contribution is -2.30. The highest BCUT2D eigenvalue weighted by molar-refractivity contribution is 5.71. The molecule has 6 heteroatoms. The van der Waals surface area contributed by atoms with Gasteiger partial charge in [0.15, 0.2) is 6.10 Å². The molecule has 0 aromatic rings. The molecule has 0 aromatic carbocycles. The van der Waals surface area contributed by atoms with E-state index in [0.29, 0.717) is 19.3 Å². The topological polar surface area (TPSA) is 78.9 Å². The highest BCUT2D eigenvalue weighted by Crippen LogP contribution is 2.14. The summed E-state index contributed by atoms with van der Waals surface area (Å²) in [6, 6.07) is 0. The van der Waals surface area contributed by atoms with Crippen LogP contribution >= 0.6 is 0 Å². The molecule has 0 heterocycles. The van der Waals surface area contributed by atoms with Crippen LogP contribution in [0.25, 0.3) is 0 Å². The Labute approximate surface area is 370 Å². The van der Waals surface area contributed by atoms with Crippen molar-refractivity contribution in [2.75, 3.05) is 13.2 Å². The Balaban J connectivity index is 4.41. The molecule has 346 valence electrons. The van der Waals surface area contributed by atoms with Gasteiger partial charge >= 0.3 is 17.9 Å². The zero-order valence-corrected chi connectivity index (χ0v) is 39.5. The van der Waals surface area contributed by atoms with Crippen LogP contribution in [0.3, 0.4) is 0 Å². The molecule has 0 aliphatic carbocycles. The molecule has 0 bridgehead atoms. The highest BCUT2D eigenvalue weighted by Gasteiger charge is 2.19. The standard InChI is InChI=1S/C54H94O6/c1-4-7-10-13-16-19-22-24-26-27-29-30-32-35-38-41-44-47-53(56)59-50-51(49-58-52(55)46-43-40-37-34-21-18-15-12-9-6-3)60-54(57)48-45-42-39-36-33-31-28-25-23-20-17-14-11-8-5-2/h8,11,17,20,24-26,28,33,36,51H,4-7,9-10,12-16,18-19,21-23,27,29-32,34-35,37-50H2,1-3H3/b11-8-,20-17-,26-24-,28-25-,36-33-. The molecule has 0 amide bonds. The van der Waals surface area contributed by atoms with E-state index in [1.165, 1.54) is 122 Å². The Kier molecular flexibility index (Phi) is 46.4. The molecule has 1 atom stereocenters. The smallest absolute Gasteiger partial charge is 0.306 e. The summed E-state index contributed by atoms with van der Waals surface area (Å²) < 4.78 is 16.7. The molecule has 6 nitrogen and oxygen atoms in total. The summed E-state index contributed by atoms with van der Waals surface area (Å²) in [6.45, 7) is 6.47. The monoisotopic (exact) mass is 839 g/mol. The average Bonchev–Trinajstić information content (AvgIpc) is 3.24. The largest absolute Gasteiger partial charge is 0.462 e. The van der Waals surface area contributed by atoms with Crippen LogP contribution in [-0.4, -0.2) is 37.2 Å². The fourth-order valence-electron chi connectivity index (χ4n) is 6.96. The Morgan fingerprint density at radius 3 is 1.07 bits per heavy atom. The molecular weight excluding hydrogens is 745 g/mol. The van der Waals surface area contributed by atoms with E-state index in [0.717, 1.165) is 77.0 Å². The fraction of sp³-hybridized carbons (Fsp3) is 0.759. The third-order valence-corrected chi connectivity index (χ3v) is 10.8. The summed E-state index contributed by atoms with van der Waals surface area (Å²) in [5.74, 6) is -0.936. The van der Waals surface area contributed by atoms with Crippen LogP contribution in [-0.2, 0) is 28.6 Å². The van der Waals surface area contributed by atoms with Gasteiger partial charge in [-0.1, -0.05) is 204 Å². The minimum atomic E-state index is -0.794. The van der Waals surface area contributed by atoms with Gasteiger partial charge in [-0.15, -0.1) is 0 Å². The second-order valence-corrected chi connectivity index (χ2v) is 16.7. The summed E-state index contributed by atoms with van der Waals surface area (Å²) in [7, 11) is 0. The number of carbonyl (C=O) groups excluding carboxylic acids is 3. The van der Waals surface area contributed by atoms with Gasteiger partial charge in [-0.25, -0.2) is 0 Å². The van der Waals surface area contributed by atoms with Crippen molar-refractivity contribution < 1.29 is 28.6 Å². The number of hydrogen-bond donors (Lipinski definition) is 0. The van der Waals surface area contributed by atoms with Crippen molar-refractivity contribution in [3.8, 4) is 0 Å². The second kappa shape index (κ2) is 48.8. The predicted octanol–water partition coefficient (Wildman–Crippen LogP) is 16.5. The van der Waals surface area contributed by atoms with Crippen LogP contribution in [0.4, 0.5) is 0 Å². The summed E-state index contributed by atoms with van der Waals surface area (Å²) >= 11 is 0. The van der Waals surface area contributed by atoms with Crippen LogP contribution in [0.1, 0.15) is 245 Å². The molecule has 60 heavy (non-hydrogen) atoms. The van der Waals surface area contributed by atoms with Gasteiger partial charge in [-0.3, -0.25) is 14.4 Å². The summed E-state index contributed by atoms with van der Waals surface area (Å²) in [5, 5.41) is 0. The van der Waals surface area contributed by atoms with Crippen molar-refractivity contribution in [2.45, 2.75) is 252 Å². The van der Waals surface area contributed by atoms with E-state index in [9.17, 15) is 14.4 Å². The van der Waals surface area contributed by atoms with Gasteiger partial charge in [0, 0.05) is 19.3 Å². The molecule has 1 unspecified atom stereocenters. The lowest BCUT2D eigenvalue weighted by atomic mass is 10.1. The third-order valence-electron chi connectivity index (χ3n) is 10.8. The lowest BCUT2D eigenvalue weighted by molar-refractivity contribution is -0.167. The first-order chi connectivity index (χ1) is 29.5. The maximum Gasteiger partial charge on any atom is 0.306 e. The third kappa shape index (κ3) is 46.2. The van der Waals surface area contributed by atoms with Crippen LogP contribution < -0.4 is 0 Å². The number of ether oxygens (including phenoxy) is 3. The number of hydrogen-bond acceptors (Lipinski definition) is 6. The molecule has 0 rings (SSSR count). The SMILES string of the molecule is CC/C=C\C/C=C\C/C=C\C/C=C\CCCCC(=O)OC(COC(=O)CCCCCCCCC/C=C\CCCCCCCC)COC(=O)CCCCCCCCCCCC. The maximum atomic E-state index is 12.8. The molecule has 0 aliphatic heterocycles. The lowest BCUT2D eigenvalue weighted by Gasteiger charge is -2.18. The first kappa shape index (κ1) is 57.1. The molecule has 0 saturated carbocycles. The van der Waals surface area contributed by atoms with Crippen LogP contribution in [0.5, 0.6) is 0 Å². The van der Waals surface area contributed by atoms with Crippen molar-refractivity contribution in [1.82, 2.24) is 0 Å². The van der Waals surface area contributed by atoms with Crippen LogP contribution in [0.2, 0.25) is 0 Å². The van der Waals surface area contributed by atoms with E-state index in [1.807, 2.05) is 0 Å². The van der Waals surface area contributed by atoms with Crippen molar-refractivity contribution in [3.63, 3.8) is 0 Å². The summed E-state index contributed by atoms with van der Waals surface area (Å²) in [6.07, 6.45) is 59.2. The van der Waals surface area contributed by atoms with Gasteiger partial charge in [0.2, 0.25) is 0 Å². The molecule has 0 spiro atoms. The van der Waals surface area contributed by atoms with E-state index >= 15 is 0 Å². The Hall–Kier alpha value is -2.89. The molecule has 0 saturated heterocycles. The van der Waals surface area contributed by atoms with Crippen LogP contribution in [0.15, 0.2) is 60.8 Å². The molecule has 0 radical (unpaired) electrons. The second-order valence-electron chi connectivity index (χ2n) is 16.7. The molecule has 0 aliphatic rings. The quantitative estimate of drug-likeness (QED) is 0.0263. The molecule has 0 fully saturated rings. The number of allylic oxidation sites excluding steroid dienone is 10. The minimum Gasteiger partial charge on any atom is -0.462 e. The Morgan fingerprint density at radius 2 is 0.650 bits per heavy atom. The van der Waals surface area contributed by atoms with Gasteiger partial charge in [-0.05, 0) is 83.5 Å². The maximum absolute atomic E-state index is 12.8. The van der Waals surface area contributed by atoms with Gasteiger partial charge in [0.1, 0.15) is 13.2 Å². The Bertz CT molecular complexity index is 1100. The first-order valence-corrected chi connectivity index (χ1v) is 25.3. The number of unbranched alkanes of at least 4 members (excludes halogenated alkanes) is 24. The van der Waals surface area contributed by atoms with E-state index < -0.39 is 6.10 Å². The number of rotatable bonds is 45.